The minimum Gasteiger partial charge on any atom is -0.493 e. The molecule has 0 unspecified atom stereocenters. The van der Waals surface area contributed by atoms with Crippen LogP contribution >= 0.6 is 0 Å². The number of hydrogen-bond acceptors (Lipinski definition) is 6. The van der Waals surface area contributed by atoms with Gasteiger partial charge in [0.2, 0.25) is 5.91 Å². The van der Waals surface area contributed by atoms with Crippen molar-refractivity contribution in [3.8, 4) is 11.5 Å². The molecule has 2 aromatic rings. The summed E-state index contributed by atoms with van der Waals surface area (Å²) >= 11 is 0. The van der Waals surface area contributed by atoms with Gasteiger partial charge in [-0.2, -0.15) is 0 Å². The van der Waals surface area contributed by atoms with Crippen LogP contribution in [0.3, 0.4) is 0 Å². The van der Waals surface area contributed by atoms with E-state index in [1.807, 2.05) is 25.1 Å². The number of nitrogens with zero attached hydrogens (tertiary/aromatic N) is 1. The highest BCUT2D eigenvalue weighted by atomic mass is 16.6. The average molecular weight is 409 g/mol. The predicted molar refractivity (Wildman–Crippen MR) is 112 cm³/mol. The molecule has 1 heterocycles. The van der Waals surface area contributed by atoms with Crippen molar-refractivity contribution in [3.63, 3.8) is 0 Å². The van der Waals surface area contributed by atoms with Crippen molar-refractivity contribution in [2.24, 2.45) is 0 Å². The molecule has 1 amide bonds. The van der Waals surface area contributed by atoms with Gasteiger partial charge < -0.3 is 19.1 Å². The molecular weight excluding hydrogens is 386 g/mol. The first-order valence-electron chi connectivity index (χ1n) is 9.44. The highest BCUT2D eigenvalue weighted by Gasteiger charge is 2.25. The maximum absolute atomic E-state index is 12.3. The van der Waals surface area contributed by atoms with Crippen LogP contribution in [-0.2, 0) is 20.7 Å². The Balaban J connectivity index is 1.53. The van der Waals surface area contributed by atoms with Gasteiger partial charge in [0, 0.05) is 18.3 Å². The molecule has 0 fully saturated rings. The number of amides is 1. The number of ketones is 1. The molecular formula is C23H23NO6. The number of rotatable bonds is 8. The van der Waals surface area contributed by atoms with E-state index in [0.29, 0.717) is 17.1 Å². The SMILES string of the molecule is C/C=C/c1ccc(OCC(=O)OCC(=O)c2ccc3c(c2)CC(=O)N3C)c(OC)c1. The molecule has 0 saturated heterocycles. The Hall–Kier alpha value is -3.61. The number of likely N-dealkylation sites (N-methyl/N-ethyl adjacent to an activating group) is 1. The van der Waals surface area contributed by atoms with E-state index >= 15 is 0 Å². The molecule has 156 valence electrons. The summed E-state index contributed by atoms with van der Waals surface area (Å²) in [6, 6.07) is 10.3. The van der Waals surface area contributed by atoms with E-state index in [4.69, 9.17) is 14.2 Å². The topological polar surface area (TPSA) is 82.1 Å². The van der Waals surface area contributed by atoms with Crippen LogP contribution in [0.15, 0.2) is 42.5 Å². The van der Waals surface area contributed by atoms with Gasteiger partial charge in [0.25, 0.3) is 0 Å². The number of esters is 1. The van der Waals surface area contributed by atoms with Crippen LogP contribution in [0.5, 0.6) is 11.5 Å². The maximum Gasteiger partial charge on any atom is 0.344 e. The summed E-state index contributed by atoms with van der Waals surface area (Å²) in [4.78, 5) is 37.6. The van der Waals surface area contributed by atoms with Gasteiger partial charge in [0.05, 0.1) is 13.5 Å². The molecule has 7 heteroatoms. The summed E-state index contributed by atoms with van der Waals surface area (Å²) in [7, 11) is 3.21. The molecule has 0 aliphatic carbocycles. The Bertz CT molecular complexity index is 1010. The second kappa shape index (κ2) is 9.26. The molecule has 2 aromatic carbocycles. The predicted octanol–water partition coefficient (Wildman–Crippen LogP) is 3.05. The zero-order chi connectivity index (χ0) is 21.7. The molecule has 3 rings (SSSR count). The van der Waals surface area contributed by atoms with E-state index in [0.717, 1.165) is 16.8 Å². The van der Waals surface area contributed by atoms with Gasteiger partial charge in [-0.3, -0.25) is 9.59 Å². The fourth-order valence-electron chi connectivity index (χ4n) is 3.15. The van der Waals surface area contributed by atoms with Crippen molar-refractivity contribution in [2.45, 2.75) is 13.3 Å². The number of anilines is 1. The molecule has 0 saturated carbocycles. The lowest BCUT2D eigenvalue weighted by molar-refractivity contribution is -0.144. The Morgan fingerprint density at radius 3 is 2.63 bits per heavy atom. The molecule has 1 aliphatic rings. The number of allylic oxidation sites excluding steroid dienone is 1. The first-order valence-corrected chi connectivity index (χ1v) is 9.44. The first-order chi connectivity index (χ1) is 14.4. The van der Waals surface area contributed by atoms with Crippen LogP contribution in [-0.4, -0.2) is 45.0 Å². The molecule has 0 N–H and O–H groups in total. The lowest BCUT2D eigenvalue weighted by atomic mass is 10.1. The normalized spacial score (nSPS) is 12.8. The summed E-state index contributed by atoms with van der Waals surface area (Å²) in [5.74, 6) is -0.138. The minimum atomic E-state index is -0.668. The summed E-state index contributed by atoms with van der Waals surface area (Å²) in [6.45, 7) is 1.16. The van der Waals surface area contributed by atoms with Crippen molar-refractivity contribution < 1.29 is 28.6 Å². The molecule has 0 bridgehead atoms. The number of benzene rings is 2. The van der Waals surface area contributed by atoms with E-state index < -0.39 is 12.6 Å². The third-order valence-corrected chi connectivity index (χ3v) is 4.74. The molecule has 0 aromatic heterocycles. The molecule has 30 heavy (non-hydrogen) atoms. The van der Waals surface area contributed by atoms with E-state index in [2.05, 4.69) is 0 Å². The van der Waals surface area contributed by atoms with Crippen LogP contribution < -0.4 is 14.4 Å². The zero-order valence-corrected chi connectivity index (χ0v) is 17.1. The fourth-order valence-corrected chi connectivity index (χ4v) is 3.15. The molecule has 0 atom stereocenters. The van der Waals surface area contributed by atoms with E-state index in [1.165, 1.54) is 7.11 Å². The average Bonchev–Trinajstić information content (AvgIpc) is 3.04. The van der Waals surface area contributed by atoms with E-state index in [1.54, 1.807) is 42.3 Å². The van der Waals surface area contributed by atoms with Crippen LogP contribution in [0.1, 0.15) is 28.4 Å². The third-order valence-electron chi connectivity index (χ3n) is 4.74. The number of ether oxygens (including phenoxy) is 3. The third kappa shape index (κ3) is 4.68. The standard InChI is InChI=1S/C23H23NO6/c1-4-5-15-6-9-20(21(10-15)28-3)29-14-23(27)30-13-19(25)16-7-8-18-17(11-16)12-22(26)24(18)2/h4-11H,12-14H2,1-3H3/b5-4+. The number of carbonyl (C=O) groups is 3. The fraction of sp³-hybridized carbons (Fsp3) is 0.261. The Morgan fingerprint density at radius 1 is 1.10 bits per heavy atom. The highest BCUT2D eigenvalue weighted by Crippen LogP contribution is 2.29. The van der Waals surface area contributed by atoms with Gasteiger partial charge in [-0.05, 0) is 48.4 Å². The molecule has 0 radical (unpaired) electrons. The maximum atomic E-state index is 12.3. The van der Waals surface area contributed by atoms with Gasteiger partial charge >= 0.3 is 5.97 Å². The molecule has 0 spiro atoms. The second-order valence-corrected chi connectivity index (χ2v) is 6.76. The summed E-state index contributed by atoms with van der Waals surface area (Å²) in [5, 5.41) is 0. The summed E-state index contributed by atoms with van der Waals surface area (Å²) < 4.78 is 15.8. The van der Waals surface area contributed by atoms with Crippen molar-refractivity contribution in [1.29, 1.82) is 0 Å². The van der Waals surface area contributed by atoms with Crippen LogP contribution in [0.25, 0.3) is 6.08 Å². The van der Waals surface area contributed by atoms with Crippen molar-refractivity contribution in [3.05, 3.63) is 59.2 Å². The lowest BCUT2D eigenvalue weighted by Gasteiger charge is -2.12. The van der Waals surface area contributed by atoms with E-state index in [-0.39, 0.29) is 24.7 Å². The Labute approximate surface area is 174 Å². The quantitative estimate of drug-likeness (QED) is 0.492. The number of carbonyl (C=O) groups excluding carboxylic acids is 3. The first kappa shape index (κ1) is 21.1. The van der Waals surface area contributed by atoms with Crippen LogP contribution in [0.2, 0.25) is 0 Å². The summed E-state index contributed by atoms with van der Waals surface area (Å²) in [5.41, 5.74) is 2.91. The lowest BCUT2D eigenvalue weighted by Crippen LogP contribution is -2.20. The van der Waals surface area contributed by atoms with Crippen LogP contribution in [0.4, 0.5) is 5.69 Å². The van der Waals surface area contributed by atoms with Crippen molar-refractivity contribution >= 4 is 29.4 Å². The second-order valence-electron chi connectivity index (χ2n) is 6.76. The molecule has 1 aliphatic heterocycles. The summed E-state index contributed by atoms with van der Waals surface area (Å²) in [6.07, 6.45) is 4.08. The monoisotopic (exact) mass is 409 g/mol. The number of methoxy groups -OCH3 is 1. The Kier molecular flexibility index (Phi) is 6.51. The van der Waals surface area contributed by atoms with Gasteiger partial charge in [-0.25, -0.2) is 4.79 Å². The number of Topliss-reactive ketones (excluding diaryl/α,β-unsaturated/α-hetero) is 1. The van der Waals surface area contributed by atoms with Crippen LogP contribution in [0, 0.1) is 0 Å². The van der Waals surface area contributed by atoms with Crippen molar-refractivity contribution in [1.82, 2.24) is 0 Å². The van der Waals surface area contributed by atoms with Crippen molar-refractivity contribution in [2.75, 3.05) is 32.3 Å². The number of hydrogen-bond donors (Lipinski definition) is 0. The smallest absolute Gasteiger partial charge is 0.344 e. The van der Waals surface area contributed by atoms with Gasteiger partial charge in [0.15, 0.2) is 30.5 Å². The highest BCUT2D eigenvalue weighted by molar-refractivity contribution is 6.03. The molecule has 7 nitrogen and oxygen atoms in total. The largest absolute Gasteiger partial charge is 0.493 e. The van der Waals surface area contributed by atoms with E-state index in [9.17, 15) is 14.4 Å². The van der Waals surface area contributed by atoms with Gasteiger partial charge in [-0.1, -0.05) is 18.2 Å². The minimum absolute atomic E-state index is 0.0210. The zero-order valence-electron chi connectivity index (χ0n) is 17.1. The number of fused-ring (bicyclic) bond motifs is 1. The van der Waals surface area contributed by atoms with Gasteiger partial charge in [-0.15, -0.1) is 0 Å². The van der Waals surface area contributed by atoms with Gasteiger partial charge in [0.1, 0.15) is 0 Å². The Morgan fingerprint density at radius 2 is 1.90 bits per heavy atom.